The lowest BCUT2D eigenvalue weighted by atomic mass is 10.1. The van der Waals surface area contributed by atoms with E-state index in [1.165, 1.54) is 30.2 Å². The number of nitrogens with zero attached hydrogens (tertiary/aromatic N) is 1. The predicted molar refractivity (Wildman–Crippen MR) is 71.2 cm³/mol. The molecule has 1 fully saturated rings. The van der Waals surface area contributed by atoms with Crippen LogP contribution in [0.4, 0.5) is 0 Å². The maximum absolute atomic E-state index is 4.76. The third kappa shape index (κ3) is 3.32. The number of hydrogen-bond acceptors (Lipinski definition) is 2. The van der Waals surface area contributed by atoms with E-state index in [4.69, 9.17) is 4.98 Å². The quantitative estimate of drug-likeness (QED) is 0.822. The first-order valence-electron chi connectivity index (χ1n) is 6.96. The van der Waals surface area contributed by atoms with Crippen LogP contribution in [0.2, 0.25) is 0 Å². The summed E-state index contributed by atoms with van der Waals surface area (Å²) in [6.45, 7) is 9.05. The van der Waals surface area contributed by atoms with Crippen LogP contribution in [0.5, 0.6) is 0 Å². The molecule has 1 aromatic rings. The van der Waals surface area contributed by atoms with Gasteiger partial charge in [-0.05, 0) is 44.2 Å². The molecular weight excluding hydrogens is 210 g/mol. The second kappa shape index (κ2) is 5.67. The second-order valence-electron chi connectivity index (χ2n) is 5.62. The summed E-state index contributed by atoms with van der Waals surface area (Å²) in [6.07, 6.45) is 4.57. The van der Waals surface area contributed by atoms with Crippen molar-refractivity contribution < 1.29 is 0 Å². The van der Waals surface area contributed by atoms with E-state index in [0.29, 0.717) is 5.92 Å². The first-order valence-corrected chi connectivity index (χ1v) is 6.96. The SMILES string of the molecule is CCc1nc(CC2CCNC2)[nH]c1CC(C)C. The van der Waals surface area contributed by atoms with Crippen LogP contribution < -0.4 is 5.32 Å². The minimum Gasteiger partial charge on any atom is -0.346 e. The molecule has 1 atom stereocenters. The van der Waals surface area contributed by atoms with Crippen LogP contribution in [0, 0.1) is 11.8 Å². The number of hydrogen-bond donors (Lipinski definition) is 2. The smallest absolute Gasteiger partial charge is 0.106 e. The maximum atomic E-state index is 4.76. The van der Waals surface area contributed by atoms with Crippen LogP contribution in [0.15, 0.2) is 0 Å². The van der Waals surface area contributed by atoms with Crippen molar-refractivity contribution in [1.29, 1.82) is 0 Å². The molecule has 2 heterocycles. The zero-order valence-electron chi connectivity index (χ0n) is 11.3. The molecule has 1 aliphatic rings. The van der Waals surface area contributed by atoms with Gasteiger partial charge in [0.1, 0.15) is 5.82 Å². The molecule has 2 N–H and O–H groups in total. The van der Waals surface area contributed by atoms with E-state index in [2.05, 4.69) is 31.1 Å². The topological polar surface area (TPSA) is 40.7 Å². The highest BCUT2D eigenvalue weighted by Gasteiger charge is 2.18. The standard InChI is InChI=1S/C14H25N3/c1-4-12-13(7-10(2)3)17-14(16-12)8-11-5-6-15-9-11/h10-11,15H,4-9H2,1-3H3,(H,16,17). The molecule has 0 spiro atoms. The average molecular weight is 235 g/mol. The fraction of sp³-hybridized carbons (Fsp3) is 0.786. The summed E-state index contributed by atoms with van der Waals surface area (Å²) < 4.78 is 0. The highest BCUT2D eigenvalue weighted by atomic mass is 14.9. The Morgan fingerprint density at radius 3 is 2.82 bits per heavy atom. The molecule has 0 amide bonds. The zero-order valence-corrected chi connectivity index (χ0v) is 11.3. The summed E-state index contributed by atoms with van der Waals surface area (Å²) in [4.78, 5) is 8.31. The molecule has 1 saturated heterocycles. The lowest BCUT2D eigenvalue weighted by molar-refractivity contribution is 0.562. The molecule has 3 heteroatoms. The molecule has 1 aromatic heterocycles. The Kier molecular flexibility index (Phi) is 4.21. The minimum atomic E-state index is 0.696. The maximum Gasteiger partial charge on any atom is 0.106 e. The Morgan fingerprint density at radius 2 is 2.24 bits per heavy atom. The van der Waals surface area contributed by atoms with Gasteiger partial charge in [-0.2, -0.15) is 0 Å². The van der Waals surface area contributed by atoms with Gasteiger partial charge >= 0.3 is 0 Å². The summed E-state index contributed by atoms with van der Waals surface area (Å²) >= 11 is 0. The number of rotatable bonds is 5. The van der Waals surface area contributed by atoms with Gasteiger partial charge in [0, 0.05) is 12.1 Å². The Morgan fingerprint density at radius 1 is 1.41 bits per heavy atom. The lowest BCUT2D eigenvalue weighted by Crippen LogP contribution is -2.11. The first kappa shape index (κ1) is 12.6. The molecule has 0 aromatic carbocycles. The number of aromatic nitrogens is 2. The van der Waals surface area contributed by atoms with Crippen LogP contribution in [0.1, 0.15) is 44.4 Å². The van der Waals surface area contributed by atoms with Gasteiger partial charge < -0.3 is 10.3 Å². The van der Waals surface area contributed by atoms with Crippen LogP contribution in [-0.4, -0.2) is 23.1 Å². The zero-order chi connectivity index (χ0) is 12.3. The third-order valence-electron chi connectivity index (χ3n) is 3.51. The van der Waals surface area contributed by atoms with E-state index in [1.807, 2.05) is 0 Å². The van der Waals surface area contributed by atoms with Gasteiger partial charge in [0.05, 0.1) is 5.69 Å². The largest absolute Gasteiger partial charge is 0.346 e. The second-order valence-corrected chi connectivity index (χ2v) is 5.62. The Bertz CT molecular complexity index is 348. The van der Waals surface area contributed by atoms with E-state index in [9.17, 15) is 0 Å². The summed E-state index contributed by atoms with van der Waals surface area (Å²) in [5.74, 6) is 2.67. The average Bonchev–Trinajstić information content (AvgIpc) is 2.88. The predicted octanol–water partition coefficient (Wildman–Crippen LogP) is 2.32. The third-order valence-corrected chi connectivity index (χ3v) is 3.51. The van der Waals surface area contributed by atoms with Gasteiger partial charge in [0.15, 0.2) is 0 Å². The van der Waals surface area contributed by atoms with Crippen molar-refractivity contribution in [3.63, 3.8) is 0 Å². The van der Waals surface area contributed by atoms with E-state index in [0.717, 1.165) is 31.7 Å². The number of aromatic amines is 1. The highest BCUT2D eigenvalue weighted by Crippen LogP contribution is 2.17. The van der Waals surface area contributed by atoms with E-state index >= 15 is 0 Å². The van der Waals surface area contributed by atoms with Crippen molar-refractivity contribution in [3.05, 3.63) is 17.2 Å². The molecular formula is C14H25N3. The fourth-order valence-corrected chi connectivity index (χ4v) is 2.63. The van der Waals surface area contributed by atoms with Crippen molar-refractivity contribution in [3.8, 4) is 0 Å². The number of aryl methyl sites for hydroxylation is 1. The lowest BCUT2D eigenvalue weighted by Gasteiger charge is -2.05. The normalized spacial score (nSPS) is 20.4. The molecule has 17 heavy (non-hydrogen) atoms. The summed E-state index contributed by atoms with van der Waals surface area (Å²) in [6, 6.07) is 0. The van der Waals surface area contributed by atoms with Crippen molar-refractivity contribution in [2.75, 3.05) is 13.1 Å². The molecule has 0 radical (unpaired) electrons. The molecule has 0 aliphatic carbocycles. The van der Waals surface area contributed by atoms with E-state index in [-0.39, 0.29) is 0 Å². The summed E-state index contributed by atoms with van der Waals surface area (Å²) in [7, 11) is 0. The van der Waals surface area contributed by atoms with Gasteiger partial charge in [0.2, 0.25) is 0 Å². The number of nitrogens with one attached hydrogen (secondary N) is 2. The van der Waals surface area contributed by atoms with E-state index < -0.39 is 0 Å². The molecule has 0 saturated carbocycles. The molecule has 1 unspecified atom stereocenters. The van der Waals surface area contributed by atoms with E-state index in [1.54, 1.807) is 0 Å². The van der Waals surface area contributed by atoms with Crippen molar-refractivity contribution in [2.45, 2.75) is 46.5 Å². The fourth-order valence-electron chi connectivity index (χ4n) is 2.63. The van der Waals surface area contributed by atoms with Gasteiger partial charge in [-0.1, -0.05) is 20.8 Å². The summed E-state index contributed by atoms with van der Waals surface area (Å²) in [5.41, 5.74) is 2.64. The number of imidazole rings is 1. The summed E-state index contributed by atoms with van der Waals surface area (Å²) in [5, 5.41) is 3.42. The highest BCUT2D eigenvalue weighted by molar-refractivity contribution is 5.16. The van der Waals surface area contributed by atoms with Gasteiger partial charge in [0.25, 0.3) is 0 Å². The van der Waals surface area contributed by atoms with Crippen molar-refractivity contribution in [1.82, 2.24) is 15.3 Å². The van der Waals surface area contributed by atoms with Crippen molar-refractivity contribution in [2.24, 2.45) is 11.8 Å². The molecule has 96 valence electrons. The molecule has 2 rings (SSSR count). The van der Waals surface area contributed by atoms with Crippen LogP contribution in [-0.2, 0) is 19.3 Å². The molecule has 3 nitrogen and oxygen atoms in total. The monoisotopic (exact) mass is 235 g/mol. The van der Waals surface area contributed by atoms with Crippen LogP contribution >= 0.6 is 0 Å². The van der Waals surface area contributed by atoms with Gasteiger partial charge in [-0.25, -0.2) is 4.98 Å². The van der Waals surface area contributed by atoms with Gasteiger partial charge in [-0.15, -0.1) is 0 Å². The number of H-pyrrole nitrogens is 1. The Labute approximate surface area is 104 Å². The first-order chi connectivity index (χ1) is 8.19. The van der Waals surface area contributed by atoms with Crippen LogP contribution in [0.3, 0.4) is 0 Å². The van der Waals surface area contributed by atoms with Gasteiger partial charge in [-0.3, -0.25) is 0 Å². The Balaban J connectivity index is 2.04. The molecule has 1 aliphatic heterocycles. The van der Waals surface area contributed by atoms with Crippen molar-refractivity contribution >= 4 is 0 Å². The minimum absolute atomic E-state index is 0.696. The van der Waals surface area contributed by atoms with Crippen LogP contribution in [0.25, 0.3) is 0 Å². The molecule has 0 bridgehead atoms. The Hall–Kier alpha value is -0.830.